The molecule has 0 atom stereocenters. The van der Waals surface area contributed by atoms with Crippen LogP contribution in [0.15, 0.2) is 24.3 Å². The molecular formula is C12H10ClN5O. The van der Waals surface area contributed by atoms with Crippen LogP contribution in [0.5, 0.6) is 5.75 Å². The van der Waals surface area contributed by atoms with Gasteiger partial charge in [-0.2, -0.15) is 15.2 Å². The highest BCUT2D eigenvalue weighted by Gasteiger charge is 2.11. The number of nitrogens with one attached hydrogen (secondary N) is 1. The number of methoxy groups -OCH3 is 1. The van der Waals surface area contributed by atoms with Crippen molar-refractivity contribution in [1.29, 1.82) is 5.26 Å². The minimum Gasteiger partial charge on any atom is -0.490 e. The van der Waals surface area contributed by atoms with Crippen molar-refractivity contribution in [3.63, 3.8) is 0 Å². The Morgan fingerprint density at radius 1 is 1.32 bits per heavy atom. The summed E-state index contributed by atoms with van der Waals surface area (Å²) in [5.74, 6) is 0.652. The van der Waals surface area contributed by atoms with Gasteiger partial charge in [0.25, 0.3) is 0 Å². The average Bonchev–Trinajstić information content (AvgIpc) is 2.39. The largest absolute Gasteiger partial charge is 0.490 e. The minimum atomic E-state index is 0.131. The monoisotopic (exact) mass is 275 g/mol. The van der Waals surface area contributed by atoms with E-state index in [2.05, 4.69) is 15.3 Å². The van der Waals surface area contributed by atoms with Gasteiger partial charge in [-0.1, -0.05) is 11.6 Å². The first-order valence-corrected chi connectivity index (χ1v) is 5.66. The molecule has 0 radical (unpaired) electrons. The van der Waals surface area contributed by atoms with E-state index >= 15 is 0 Å². The van der Waals surface area contributed by atoms with Gasteiger partial charge in [0.2, 0.25) is 5.95 Å². The molecule has 1 aromatic carbocycles. The summed E-state index contributed by atoms with van der Waals surface area (Å²) in [5, 5.41) is 11.8. The molecule has 96 valence electrons. The van der Waals surface area contributed by atoms with Crippen molar-refractivity contribution in [3.8, 4) is 11.8 Å². The number of anilines is 3. The van der Waals surface area contributed by atoms with Crippen LogP contribution >= 0.6 is 11.6 Å². The van der Waals surface area contributed by atoms with Crippen LogP contribution in [0.4, 0.5) is 17.5 Å². The Hall–Kier alpha value is -2.52. The van der Waals surface area contributed by atoms with Crippen molar-refractivity contribution in [1.82, 2.24) is 9.97 Å². The summed E-state index contributed by atoms with van der Waals surface area (Å²) in [6, 6.07) is 8.85. The summed E-state index contributed by atoms with van der Waals surface area (Å²) in [5.41, 5.74) is 6.98. The van der Waals surface area contributed by atoms with E-state index in [1.807, 2.05) is 6.07 Å². The summed E-state index contributed by atoms with van der Waals surface area (Å²) in [7, 11) is 1.44. The fourth-order valence-electron chi connectivity index (χ4n) is 1.44. The first kappa shape index (κ1) is 12.9. The quantitative estimate of drug-likeness (QED) is 0.835. The van der Waals surface area contributed by atoms with E-state index in [1.165, 1.54) is 7.11 Å². The van der Waals surface area contributed by atoms with Gasteiger partial charge in [0, 0.05) is 5.69 Å². The molecule has 0 saturated heterocycles. The standard InChI is InChI=1S/C12H10ClN5O/c1-19-9-10(13)17-12(18-11(9)15)16-8-4-2-7(6-14)3-5-8/h2-5H,1H3,(H3,15,16,17,18). The van der Waals surface area contributed by atoms with Gasteiger partial charge < -0.3 is 15.8 Å². The molecule has 0 amide bonds. The number of nitrogens with zero attached hydrogens (tertiary/aromatic N) is 3. The molecule has 1 aromatic heterocycles. The Labute approximate surface area is 114 Å². The van der Waals surface area contributed by atoms with Gasteiger partial charge in [-0.05, 0) is 24.3 Å². The van der Waals surface area contributed by atoms with Gasteiger partial charge in [-0.3, -0.25) is 0 Å². The average molecular weight is 276 g/mol. The summed E-state index contributed by atoms with van der Waals surface area (Å²) in [6.45, 7) is 0. The van der Waals surface area contributed by atoms with Crippen molar-refractivity contribution in [2.24, 2.45) is 0 Å². The summed E-state index contributed by atoms with van der Waals surface area (Å²) < 4.78 is 4.97. The van der Waals surface area contributed by atoms with E-state index in [9.17, 15) is 0 Å². The number of ether oxygens (including phenoxy) is 1. The van der Waals surface area contributed by atoms with Crippen molar-refractivity contribution in [2.75, 3.05) is 18.2 Å². The number of halogens is 1. The highest BCUT2D eigenvalue weighted by Crippen LogP contribution is 2.29. The maximum absolute atomic E-state index is 8.71. The third-order valence-electron chi connectivity index (χ3n) is 2.32. The van der Waals surface area contributed by atoms with Crippen LogP contribution in [0, 0.1) is 11.3 Å². The van der Waals surface area contributed by atoms with Gasteiger partial charge >= 0.3 is 0 Å². The normalized spacial score (nSPS) is 9.74. The van der Waals surface area contributed by atoms with Crippen molar-refractivity contribution in [3.05, 3.63) is 35.0 Å². The molecule has 0 aliphatic rings. The van der Waals surface area contributed by atoms with Crippen LogP contribution in [0.25, 0.3) is 0 Å². The molecule has 0 fully saturated rings. The van der Waals surface area contributed by atoms with Crippen LogP contribution in [0.1, 0.15) is 5.56 Å². The van der Waals surface area contributed by atoms with Crippen molar-refractivity contribution < 1.29 is 4.74 Å². The minimum absolute atomic E-state index is 0.131. The van der Waals surface area contributed by atoms with Crippen LogP contribution in [0.3, 0.4) is 0 Å². The van der Waals surface area contributed by atoms with Gasteiger partial charge in [0.15, 0.2) is 16.7 Å². The molecule has 2 aromatic rings. The Balaban J connectivity index is 2.26. The zero-order valence-corrected chi connectivity index (χ0v) is 10.8. The lowest BCUT2D eigenvalue weighted by Crippen LogP contribution is -2.03. The zero-order chi connectivity index (χ0) is 13.8. The van der Waals surface area contributed by atoms with Crippen molar-refractivity contribution in [2.45, 2.75) is 0 Å². The topological polar surface area (TPSA) is 96.9 Å². The first-order valence-electron chi connectivity index (χ1n) is 5.28. The Bertz CT molecular complexity index is 613. The molecule has 7 heteroatoms. The third-order valence-corrected chi connectivity index (χ3v) is 2.58. The van der Waals surface area contributed by atoms with E-state index in [-0.39, 0.29) is 22.7 Å². The number of hydrogen-bond acceptors (Lipinski definition) is 6. The lowest BCUT2D eigenvalue weighted by atomic mass is 10.2. The van der Waals surface area contributed by atoms with Gasteiger partial charge in [0.1, 0.15) is 0 Å². The van der Waals surface area contributed by atoms with E-state index in [4.69, 9.17) is 27.3 Å². The fraction of sp³-hybridized carbons (Fsp3) is 0.0833. The van der Waals surface area contributed by atoms with Crippen molar-refractivity contribution >= 4 is 29.1 Å². The summed E-state index contributed by atoms with van der Waals surface area (Å²) in [4.78, 5) is 8.04. The Morgan fingerprint density at radius 2 is 2.00 bits per heavy atom. The molecule has 6 nitrogen and oxygen atoms in total. The second-order valence-corrected chi connectivity index (χ2v) is 3.93. The molecule has 3 N–H and O–H groups in total. The van der Waals surface area contributed by atoms with Crippen LogP contribution in [-0.2, 0) is 0 Å². The predicted molar refractivity (Wildman–Crippen MR) is 72.4 cm³/mol. The van der Waals surface area contributed by atoms with Crippen LogP contribution < -0.4 is 15.8 Å². The van der Waals surface area contributed by atoms with E-state index in [0.29, 0.717) is 5.56 Å². The van der Waals surface area contributed by atoms with E-state index in [0.717, 1.165) is 5.69 Å². The number of nitriles is 1. The van der Waals surface area contributed by atoms with Gasteiger partial charge in [-0.15, -0.1) is 0 Å². The van der Waals surface area contributed by atoms with Crippen LogP contribution in [0.2, 0.25) is 5.15 Å². The predicted octanol–water partition coefficient (Wildman–Crippen LogP) is 2.34. The van der Waals surface area contributed by atoms with E-state index in [1.54, 1.807) is 24.3 Å². The highest BCUT2D eigenvalue weighted by atomic mass is 35.5. The number of aromatic nitrogens is 2. The zero-order valence-electron chi connectivity index (χ0n) is 10.0. The number of rotatable bonds is 3. The highest BCUT2D eigenvalue weighted by molar-refractivity contribution is 6.31. The van der Waals surface area contributed by atoms with Gasteiger partial charge in [0.05, 0.1) is 18.7 Å². The molecule has 2 rings (SSSR count). The lowest BCUT2D eigenvalue weighted by molar-refractivity contribution is 0.414. The second kappa shape index (κ2) is 5.42. The molecule has 0 aliphatic heterocycles. The maximum atomic E-state index is 8.71. The number of hydrogen-bond donors (Lipinski definition) is 2. The van der Waals surface area contributed by atoms with Gasteiger partial charge in [-0.25, -0.2) is 0 Å². The Kier molecular flexibility index (Phi) is 3.68. The SMILES string of the molecule is COc1c(N)nc(Nc2ccc(C#N)cc2)nc1Cl. The molecule has 0 unspecified atom stereocenters. The molecule has 19 heavy (non-hydrogen) atoms. The second-order valence-electron chi connectivity index (χ2n) is 3.57. The lowest BCUT2D eigenvalue weighted by Gasteiger charge is -2.09. The molecule has 1 heterocycles. The number of nitrogen functional groups attached to an aromatic ring is 1. The molecule has 0 saturated carbocycles. The first-order chi connectivity index (χ1) is 9.13. The maximum Gasteiger partial charge on any atom is 0.230 e. The molecule has 0 aliphatic carbocycles. The number of nitrogens with two attached hydrogens (primary N) is 1. The molecule has 0 bridgehead atoms. The fourth-order valence-corrected chi connectivity index (χ4v) is 1.70. The summed E-state index contributed by atoms with van der Waals surface area (Å²) in [6.07, 6.45) is 0. The molecule has 0 spiro atoms. The summed E-state index contributed by atoms with van der Waals surface area (Å²) >= 11 is 5.91. The smallest absolute Gasteiger partial charge is 0.230 e. The Morgan fingerprint density at radius 3 is 2.53 bits per heavy atom. The van der Waals surface area contributed by atoms with Crippen LogP contribution in [-0.4, -0.2) is 17.1 Å². The number of benzene rings is 1. The molecular weight excluding hydrogens is 266 g/mol. The third kappa shape index (κ3) is 2.84. The van der Waals surface area contributed by atoms with E-state index < -0.39 is 0 Å².